The third-order valence-corrected chi connectivity index (χ3v) is 5.72. The van der Waals surface area contributed by atoms with Gasteiger partial charge in [0.15, 0.2) is 0 Å². The maximum Gasteiger partial charge on any atom is 0.0495 e. The fraction of sp³-hybridized carbons (Fsp3) is 1.00. The molecule has 1 aliphatic rings. The van der Waals surface area contributed by atoms with Crippen LogP contribution in [0.15, 0.2) is 0 Å². The second-order valence-electron chi connectivity index (χ2n) is 4.20. The molecule has 1 fully saturated rings. The zero-order chi connectivity index (χ0) is 10.1. The molecule has 0 aliphatic carbocycles. The number of hydrogen-bond donors (Lipinski definition) is 1. The van der Waals surface area contributed by atoms with Crippen molar-refractivity contribution in [2.45, 2.75) is 37.2 Å². The van der Waals surface area contributed by atoms with Crippen molar-refractivity contribution >= 4 is 9.73 Å². The fourth-order valence-corrected chi connectivity index (χ4v) is 3.40. The SMILES string of the molecule is CC(C)S(=N)(=O)C1CCN(C)CC1. The lowest BCUT2D eigenvalue weighted by Gasteiger charge is -2.31. The second-order valence-corrected chi connectivity index (χ2v) is 7.10. The molecule has 1 aliphatic heterocycles. The van der Waals surface area contributed by atoms with Gasteiger partial charge < -0.3 is 4.90 Å². The highest BCUT2D eigenvalue weighted by molar-refractivity contribution is 7.93. The number of nitrogens with one attached hydrogen (secondary N) is 1. The predicted octanol–water partition coefficient (Wildman–Crippen LogP) is 1.54. The van der Waals surface area contributed by atoms with Crippen LogP contribution in [-0.4, -0.2) is 39.7 Å². The van der Waals surface area contributed by atoms with E-state index in [4.69, 9.17) is 4.78 Å². The largest absolute Gasteiger partial charge is 0.306 e. The summed E-state index contributed by atoms with van der Waals surface area (Å²) in [4.78, 5) is 2.24. The molecule has 3 nitrogen and oxygen atoms in total. The summed E-state index contributed by atoms with van der Waals surface area (Å²) >= 11 is 0. The minimum absolute atomic E-state index is 0.000839. The average molecular weight is 204 g/mol. The quantitative estimate of drug-likeness (QED) is 0.741. The standard InChI is InChI=1S/C9H20N2OS/c1-8(2)13(10,12)9-4-6-11(3)7-5-9/h8-10H,4-7H2,1-3H3. The van der Waals surface area contributed by atoms with Crippen LogP contribution >= 0.6 is 0 Å². The molecule has 4 heteroatoms. The summed E-state index contributed by atoms with van der Waals surface area (Å²) in [5.74, 6) is 0. The molecule has 13 heavy (non-hydrogen) atoms. The van der Waals surface area contributed by atoms with E-state index >= 15 is 0 Å². The van der Waals surface area contributed by atoms with E-state index in [0.717, 1.165) is 25.9 Å². The van der Waals surface area contributed by atoms with Crippen LogP contribution in [0.5, 0.6) is 0 Å². The number of hydrogen-bond acceptors (Lipinski definition) is 3. The molecule has 78 valence electrons. The van der Waals surface area contributed by atoms with E-state index in [1.54, 1.807) is 0 Å². The summed E-state index contributed by atoms with van der Waals surface area (Å²) in [6.45, 7) is 5.78. The van der Waals surface area contributed by atoms with E-state index in [2.05, 4.69) is 11.9 Å². The Morgan fingerprint density at radius 1 is 1.38 bits per heavy atom. The first kappa shape index (κ1) is 11.0. The lowest BCUT2D eigenvalue weighted by molar-refractivity contribution is 0.279. The molecule has 0 spiro atoms. The Bertz CT molecular complexity index is 251. The topological polar surface area (TPSA) is 44.2 Å². The first-order valence-electron chi connectivity index (χ1n) is 4.89. The molecule has 1 atom stereocenters. The highest BCUT2D eigenvalue weighted by atomic mass is 32.2. The summed E-state index contributed by atoms with van der Waals surface area (Å²) in [7, 11) is -0.269. The molecule has 0 bridgehead atoms. The van der Waals surface area contributed by atoms with Crippen LogP contribution in [0.2, 0.25) is 0 Å². The van der Waals surface area contributed by atoms with Gasteiger partial charge in [0.1, 0.15) is 0 Å². The van der Waals surface area contributed by atoms with Gasteiger partial charge in [-0.3, -0.25) is 4.78 Å². The molecular formula is C9H20N2OS. The maximum absolute atomic E-state index is 12.0. The molecule has 0 aromatic rings. The summed E-state index contributed by atoms with van der Waals surface area (Å²) in [6.07, 6.45) is 1.86. The highest BCUT2D eigenvalue weighted by Crippen LogP contribution is 2.21. The van der Waals surface area contributed by atoms with Crippen LogP contribution in [0.3, 0.4) is 0 Å². The van der Waals surface area contributed by atoms with Crippen LogP contribution in [0, 0.1) is 4.78 Å². The van der Waals surface area contributed by atoms with Gasteiger partial charge >= 0.3 is 0 Å². The van der Waals surface area contributed by atoms with Crippen molar-refractivity contribution in [2.75, 3.05) is 20.1 Å². The number of piperidine rings is 1. The fourth-order valence-electron chi connectivity index (χ4n) is 1.72. The van der Waals surface area contributed by atoms with E-state index < -0.39 is 9.73 Å². The van der Waals surface area contributed by atoms with Crippen molar-refractivity contribution in [1.29, 1.82) is 4.78 Å². The van der Waals surface area contributed by atoms with Gasteiger partial charge in [0, 0.05) is 20.2 Å². The van der Waals surface area contributed by atoms with Crippen LogP contribution in [0.25, 0.3) is 0 Å². The Morgan fingerprint density at radius 2 is 1.85 bits per heavy atom. The molecule has 1 unspecified atom stereocenters. The summed E-state index contributed by atoms with van der Waals surface area (Å²) < 4.78 is 19.8. The third kappa shape index (κ3) is 2.44. The lowest BCUT2D eigenvalue weighted by atomic mass is 10.1. The molecule has 0 radical (unpaired) electrons. The van der Waals surface area contributed by atoms with E-state index in [9.17, 15) is 4.21 Å². The van der Waals surface area contributed by atoms with Crippen molar-refractivity contribution in [2.24, 2.45) is 0 Å². The minimum Gasteiger partial charge on any atom is -0.306 e. The summed E-state index contributed by atoms with van der Waals surface area (Å²) in [5.41, 5.74) is 0. The third-order valence-electron chi connectivity index (χ3n) is 2.86. The van der Waals surface area contributed by atoms with Crippen LogP contribution in [0.1, 0.15) is 26.7 Å². The molecule has 1 heterocycles. The van der Waals surface area contributed by atoms with Gasteiger partial charge in [-0.05, 0) is 33.0 Å². The Morgan fingerprint density at radius 3 is 2.23 bits per heavy atom. The monoisotopic (exact) mass is 204 g/mol. The van der Waals surface area contributed by atoms with E-state index in [-0.39, 0.29) is 10.5 Å². The zero-order valence-electron chi connectivity index (χ0n) is 8.75. The van der Waals surface area contributed by atoms with E-state index in [1.807, 2.05) is 13.8 Å². The summed E-state index contributed by atoms with van der Waals surface area (Å²) in [6, 6.07) is 0. The van der Waals surface area contributed by atoms with Gasteiger partial charge in [-0.25, -0.2) is 4.21 Å². The molecule has 1 saturated heterocycles. The Balaban J connectivity index is 2.64. The van der Waals surface area contributed by atoms with Gasteiger partial charge in [-0.15, -0.1) is 0 Å². The van der Waals surface area contributed by atoms with Gasteiger partial charge in [-0.2, -0.15) is 0 Å². The smallest absolute Gasteiger partial charge is 0.0495 e. The zero-order valence-corrected chi connectivity index (χ0v) is 9.56. The molecule has 0 amide bonds. The minimum atomic E-state index is -2.35. The Kier molecular flexibility index (Phi) is 3.35. The Labute approximate surface area is 81.5 Å². The van der Waals surface area contributed by atoms with Crippen LogP contribution in [-0.2, 0) is 9.73 Å². The lowest BCUT2D eigenvalue weighted by Crippen LogP contribution is -2.39. The van der Waals surface area contributed by atoms with Crippen molar-refractivity contribution in [1.82, 2.24) is 4.90 Å². The highest BCUT2D eigenvalue weighted by Gasteiger charge is 2.27. The number of nitrogens with zero attached hydrogens (tertiary/aromatic N) is 1. The molecule has 1 rings (SSSR count). The van der Waals surface area contributed by atoms with Gasteiger partial charge in [-0.1, -0.05) is 13.8 Å². The van der Waals surface area contributed by atoms with Crippen LogP contribution < -0.4 is 0 Å². The van der Waals surface area contributed by atoms with Crippen molar-refractivity contribution in [3.63, 3.8) is 0 Å². The van der Waals surface area contributed by atoms with Crippen molar-refractivity contribution in [3.8, 4) is 0 Å². The second kappa shape index (κ2) is 3.96. The van der Waals surface area contributed by atoms with E-state index in [1.165, 1.54) is 0 Å². The number of likely N-dealkylation sites (tertiary alicyclic amines) is 1. The molecule has 0 saturated carbocycles. The predicted molar refractivity (Wildman–Crippen MR) is 56.5 cm³/mol. The molecular weight excluding hydrogens is 184 g/mol. The average Bonchev–Trinajstić information content (AvgIpc) is 2.04. The van der Waals surface area contributed by atoms with Gasteiger partial charge in [0.2, 0.25) is 0 Å². The molecule has 0 aromatic carbocycles. The number of rotatable bonds is 2. The Hall–Kier alpha value is -0.0900. The normalized spacial score (nSPS) is 26.2. The first-order chi connectivity index (χ1) is 5.94. The van der Waals surface area contributed by atoms with Gasteiger partial charge in [0.05, 0.1) is 0 Å². The molecule has 0 aromatic heterocycles. The van der Waals surface area contributed by atoms with Crippen LogP contribution in [0.4, 0.5) is 0 Å². The molecule has 1 N–H and O–H groups in total. The van der Waals surface area contributed by atoms with Gasteiger partial charge in [0.25, 0.3) is 0 Å². The first-order valence-corrected chi connectivity index (χ1v) is 6.58. The summed E-state index contributed by atoms with van der Waals surface area (Å²) in [5, 5.41) is 0.129. The van der Waals surface area contributed by atoms with E-state index in [0.29, 0.717) is 0 Å². The van der Waals surface area contributed by atoms with Crippen molar-refractivity contribution in [3.05, 3.63) is 0 Å². The maximum atomic E-state index is 12.0. The van der Waals surface area contributed by atoms with Crippen molar-refractivity contribution < 1.29 is 4.21 Å².